The zero-order valence-corrected chi connectivity index (χ0v) is 13.2. The second-order valence-electron chi connectivity index (χ2n) is 5.10. The molecule has 0 aliphatic rings. The van der Waals surface area contributed by atoms with E-state index >= 15 is 0 Å². The Kier molecular flexibility index (Phi) is 7.98. The van der Waals surface area contributed by atoms with Gasteiger partial charge in [0.15, 0.2) is 7.45 Å². The van der Waals surface area contributed by atoms with Crippen LogP contribution in [-0.4, -0.2) is 64.8 Å². The van der Waals surface area contributed by atoms with Gasteiger partial charge in [-0.1, -0.05) is 0 Å². The number of hydrogen-bond donors (Lipinski definition) is 5. The van der Waals surface area contributed by atoms with Gasteiger partial charge in [-0.15, -0.1) is 0 Å². The summed E-state index contributed by atoms with van der Waals surface area (Å²) in [6.07, 6.45) is -1.36. The molecule has 2 amide bonds. The van der Waals surface area contributed by atoms with E-state index in [0.717, 1.165) is 0 Å². The minimum absolute atomic E-state index is 0.149. The maximum absolute atomic E-state index is 12.2. The molecule has 0 radical (unpaired) electrons. The topological polar surface area (TPSA) is 168 Å². The molecular weight excluding hydrogens is 310 g/mol. The van der Waals surface area contributed by atoms with Crippen molar-refractivity contribution in [1.82, 2.24) is 10.6 Å². The fourth-order valence-electron chi connectivity index (χ4n) is 1.39. The van der Waals surface area contributed by atoms with Crippen LogP contribution in [0.4, 0.5) is 0 Å². The van der Waals surface area contributed by atoms with Crippen LogP contribution in [0.5, 0.6) is 0 Å². The Morgan fingerprint density at radius 3 is 2.13 bits per heavy atom. The number of aliphatic hydroxyl groups excluding tert-OH is 1. The molecule has 0 unspecified atom stereocenters. The quantitative estimate of drug-likeness (QED) is 0.294. The molecule has 0 aromatic heterocycles. The second-order valence-corrected chi connectivity index (χ2v) is 5.10. The minimum Gasteiger partial charge on any atom is -0.481 e. The molecule has 0 aromatic carbocycles. The molecule has 0 heterocycles. The van der Waals surface area contributed by atoms with Gasteiger partial charge in [0, 0.05) is 0 Å². The fraction of sp³-hybridized carbons (Fsp3) is 0.692. The van der Waals surface area contributed by atoms with Crippen molar-refractivity contribution in [3.05, 3.63) is 0 Å². The summed E-state index contributed by atoms with van der Waals surface area (Å²) < 4.78 is 12.4. The Morgan fingerprint density at radius 2 is 1.74 bits per heavy atom. The molecule has 132 valence electrons. The molecule has 10 nitrogen and oxygen atoms in total. The minimum atomic E-state index is -1.72. The summed E-state index contributed by atoms with van der Waals surface area (Å²) in [7, 11) is 0. The molecule has 3 atom stereocenters. The normalized spacial score (nSPS) is 15.1. The fourth-order valence-corrected chi connectivity index (χ4v) is 1.39. The van der Waals surface area contributed by atoms with Crippen molar-refractivity contribution in [2.24, 2.45) is 5.73 Å². The number of nitrogens with two attached hydrogens (primary N) is 1. The van der Waals surface area contributed by atoms with Crippen LogP contribution in [0.1, 0.15) is 27.2 Å². The lowest BCUT2D eigenvalue weighted by atomic mass is 10.1. The third kappa shape index (κ3) is 8.12. The van der Waals surface area contributed by atoms with Gasteiger partial charge in [-0.3, -0.25) is 14.4 Å². The summed E-state index contributed by atoms with van der Waals surface area (Å²) in [5.74, 6) is -4.43. The van der Waals surface area contributed by atoms with Crippen LogP contribution in [0.15, 0.2) is 0 Å². The Labute approximate surface area is 134 Å². The first kappa shape index (κ1) is 18.8. The van der Waals surface area contributed by atoms with E-state index in [0.29, 0.717) is 0 Å². The lowest BCUT2D eigenvalue weighted by Gasteiger charge is -2.22. The first-order chi connectivity index (χ1) is 11.0. The number of amides is 2. The third-order valence-electron chi connectivity index (χ3n) is 2.48. The van der Waals surface area contributed by atoms with Crippen LogP contribution in [0.2, 0.25) is 1.41 Å². The second kappa shape index (κ2) is 9.74. The number of carboxylic acids is 1. The highest BCUT2D eigenvalue weighted by atomic mass is 16.5. The van der Waals surface area contributed by atoms with Crippen molar-refractivity contribution in [1.29, 1.82) is 0 Å². The van der Waals surface area contributed by atoms with Crippen LogP contribution in [-0.2, 0) is 23.9 Å². The molecular formula is C13H23N3O7. The number of hydrogen-bond acceptors (Lipinski definition) is 7. The molecule has 0 aliphatic heterocycles. The third-order valence-corrected chi connectivity index (χ3v) is 2.48. The lowest BCUT2D eigenvalue weighted by Crippen LogP contribution is -2.55. The van der Waals surface area contributed by atoms with Gasteiger partial charge < -0.3 is 31.3 Å². The monoisotopic (exact) mass is 334 g/mol. The molecule has 10 heteroatoms. The summed E-state index contributed by atoms with van der Waals surface area (Å²) in [4.78, 5) is 46.5. The maximum atomic E-state index is 12.2. The summed E-state index contributed by atoms with van der Waals surface area (Å²) in [5.41, 5.74) is 5.33. The largest absolute Gasteiger partial charge is 0.481 e. The van der Waals surface area contributed by atoms with Gasteiger partial charge in [-0.2, -0.15) is 0 Å². The Bertz CT molecular complexity index is 484. The van der Waals surface area contributed by atoms with E-state index in [1.165, 1.54) is 6.92 Å². The molecule has 0 spiro atoms. The van der Waals surface area contributed by atoms with Crippen molar-refractivity contribution < 1.29 is 35.5 Å². The van der Waals surface area contributed by atoms with E-state index in [1.807, 2.05) is 0 Å². The number of carbonyl (C=O) groups is 4. The molecule has 6 N–H and O–H groups in total. The van der Waals surface area contributed by atoms with Gasteiger partial charge in [-0.05, 0) is 20.8 Å². The number of ether oxygens (including phenoxy) is 1. The van der Waals surface area contributed by atoms with E-state index in [2.05, 4.69) is 5.32 Å². The molecule has 0 rings (SSSR count). The van der Waals surface area contributed by atoms with E-state index < -0.39 is 61.0 Å². The molecule has 0 saturated heterocycles. The zero-order valence-electron chi connectivity index (χ0n) is 14.2. The SMILES string of the molecule is [2H]N(C(=O)[C@@H](C)N)[C@@H](CC(=O)O)C(=O)N[C@@H](CO)C(=O)OC(C)C. The number of carboxylic acid groups (broad SMARTS) is 1. The van der Waals surface area contributed by atoms with Gasteiger partial charge in [-0.25, -0.2) is 4.79 Å². The van der Waals surface area contributed by atoms with Crippen LogP contribution < -0.4 is 16.4 Å². The van der Waals surface area contributed by atoms with E-state index in [1.54, 1.807) is 13.8 Å². The molecule has 0 fully saturated rings. The predicted octanol–water partition coefficient (Wildman–Crippen LogP) is -2.28. The van der Waals surface area contributed by atoms with E-state index in [9.17, 15) is 24.3 Å². The smallest absolute Gasteiger partial charge is 0.331 e. The summed E-state index contributed by atoms with van der Waals surface area (Å²) >= 11 is 0. The lowest BCUT2D eigenvalue weighted by molar-refractivity contribution is -0.152. The van der Waals surface area contributed by atoms with Crippen LogP contribution in [0.25, 0.3) is 0 Å². The number of aliphatic carboxylic acids is 1. The summed E-state index contributed by atoms with van der Waals surface area (Å²) in [6, 6.07) is -4.29. The average molecular weight is 334 g/mol. The Hall–Kier alpha value is -2.20. The van der Waals surface area contributed by atoms with E-state index in [4.69, 9.17) is 17.0 Å². The van der Waals surface area contributed by atoms with Gasteiger partial charge in [0.05, 0.1) is 25.2 Å². The van der Waals surface area contributed by atoms with Crippen molar-refractivity contribution in [3.8, 4) is 0 Å². The molecule has 0 bridgehead atoms. The van der Waals surface area contributed by atoms with Crippen LogP contribution >= 0.6 is 0 Å². The highest BCUT2D eigenvalue weighted by Gasteiger charge is 2.29. The number of carbonyl (C=O) groups excluding carboxylic acids is 3. The Morgan fingerprint density at radius 1 is 1.17 bits per heavy atom. The predicted molar refractivity (Wildman–Crippen MR) is 78.1 cm³/mol. The number of aliphatic hydroxyl groups is 1. The van der Waals surface area contributed by atoms with Crippen molar-refractivity contribution >= 4 is 23.8 Å². The van der Waals surface area contributed by atoms with Gasteiger partial charge >= 0.3 is 11.9 Å². The standard InChI is InChI=1S/C13H23N3O7/c1-6(2)23-13(22)9(5-17)16-12(21)8(4-10(18)19)15-11(20)7(3)14/h6-9,17H,4-5,14H2,1-3H3,(H,15,20)(H,16,21)(H,18,19)/t7-,8+,9+/m1/s1/i/hD. The molecule has 0 aliphatic carbocycles. The number of rotatable bonds is 9. The first-order valence-corrected chi connectivity index (χ1v) is 6.92. The van der Waals surface area contributed by atoms with Crippen molar-refractivity contribution in [2.75, 3.05) is 6.61 Å². The van der Waals surface area contributed by atoms with E-state index in [-0.39, 0.29) is 5.31 Å². The van der Waals surface area contributed by atoms with Gasteiger partial charge in [0.25, 0.3) is 0 Å². The number of nitrogens with one attached hydrogen (secondary N) is 2. The van der Waals surface area contributed by atoms with Gasteiger partial charge in [0.1, 0.15) is 6.04 Å². The summed E-state index contributed by atoms with van der Waals surface area (Å²) in [5, 5.41) is 20.2. The number of esters is 1. The highest BCUT2D eigenvalue weighted by Crippen LogP contribution is 1.99. The Balaban J connectivity index is 5.20. The maximum Gasteiger partial charge on any atom is 0.331 e. The molecule has 0 saturated carbocycles. The van der Waals surface area contributed by atoms with Gasteiger partial charge in [0.2, 0.25) is 11.8 Å². The van der Waals surface area contributed by atoms with Crippen molar-refractivity contribution in [3.63, 3.8) is 0 Å². The van der Waals surface area contributed by atoms with Crippen LogP contribution in [0, 0.1) is 0 Å². The zero-order chi connectivity index (χ0) is 19.0. The van der Waals surface area contributed by atoms with Crippen LogP contribution in [0.3, 0.4) is 0 Å². The first-order valence-electron chi connectivity index (χ1n) is 7.37. The summed E-state index contributed by atoms with van der Waals surface area (Å²) in [6.45, 7) is 3.61. The highest BCUT2D eigenvalue weighted by molar-refractivity contribution is 5.94. The average Bonchev–Trinajstić information content (AvgIpc) is 2.47. The molecule has 0 aromatic rings. The van der Waals surface area contributed by atoms with Crippen molar-refractivity contribution in [2.45, 2.75) is 51.4 Å². The molecule has 23 heavy (non-hydrogen) atoms.